The molecule has 21 heavy (non-hydrogen) atoms. The van der Waals surface area contributed by atoms with Crippen LogP contribution in [0.25, 0.3) is 0 Å². The molecule has 1 rings (SSSR count). The minimum Gasteiger partial charge on any atom is -0.481 e. The molecule has 0 aromatic heterocycles. The Bertz CT molecular complexity index is 506. The largest absolute Gasteiger partial charge is 0.481 e. The Kier molecular flexibility index (Phi) is 7.19. The van der Waals surface area contributed by atoms with E-state index in [0.29, 0.717) is 30.1 Å². The molecular formula is C15H21ClN2O3. The fourth-order valence-corrected chi connectivity index (χ4v) is 2.00. The van der Waals surface area contributed by atoms with Crippen LogP contribution in [0.2, 0.25) is 5.02 Å². The number of aliphatic carboxylic acids is 1. The summed E-state index contributed by atoms with van der Waals surface area (Å²) in [5, 5.41) is 15.1. The van der Waals surface area contributed by atoms with Crippen molar-refractivity contribution >= 4 is 29.2 Å². The summed E-state index contributed by atoms with van der Waals surface area (Å²) in [4.78, 5) is 22.2. The van der Waals surface area contributed by atoms with Gasteiger partial charge in [0.1, 0.15) is 0 Å². The standard InChI is InChI=1S/C15H21ClN2O3/c1-10-5-6-12(9-13(10)16)18-14(19)8-11(2)17-7-3-4-15(20)21/h5-6,9,11,17H,3-4,7-8H2,1-2H3,(H,18,19)(H,20,21). The van der Waals surface area contributed by atoms with Gasteiger partial charge in [-0.05, 0) is 44.5 Å². The van der Waals surface area contributed by atoms with Crippen LogP contribution < -0.4 is 10.6 Å². The van der Waals surface area contributed by atoms with Gasteiger partial charge in [0, 0.05) is 29.6 Å². The van der Waals surface area contributed by atoms with Crippen molar-refractivity contribution in [3.05, 3.63) is 28.8 Å². The Labute approximate surface area is 129 Å². The fraction of sp³-hybridized carbons (Fsp3) is 0.467. The smallest absolute Gasteiger partial charge is 0.303 e. The second kappa shape index (κ2) is 8.64. The van der Waals surface area contributed by atoms with Gasteiger partial charge in [0.15, 0.2) is 0 Å². The van der Waals surface area contributed by atoms with Crippen molar-refractivity contribution in [2.45, 2.75) is 39.2 Å². The zero-order valence-corrected chi connectivity index (χ0v) is 13.0. The first-order valence-corrected chi connectivity index (χ1v) is 7.27. The van der Waals surface area contributed by atoms with Crippen molar-refractivity contribution in [1.82, 2.24) is 5.32 Å². The van der Waals surface area contributed by atoms with Gasteiger partial charge in [-0.1, -0.05) is 17.7 Å². The maximum absolute atomic E-state index is 11.9. The number of benzene rings is 1. The molecule has 1 amide bonds. The molecule has 0 aliphatic heterocycles. The Morgan fingerprint density at radius 3 is 2.71 bits per heavy atom. The zero-order valence-electron chi connectivity index (χ0n) is 12.3. The Morgan fingerprint density at radius 1 is 1.38 bits per heavy atom. The highest BCUT2D eigenvalue weighted by Gasteiger charge is 2.09. The lowest BCUT2D eigenvalue weighted by Crippen LogP contribution is -2.31. The van der Waals surface area contributed by atoms with Crippen LogP contribution in [0, 0.1) is 6.92 Å². The maximum Gasteiger partial charge on any atom is 0.303 e. The Morgan fingerprint density at radius 2 is 2.10 bits per heavy atom. The lowest BCUT2D eigenvalue weighted by atomic mass is 10.2. The first-order chi connectivity index (χ1) is 9.88. The van der Waals surface area contributed by atoms with Crippen LogP contribution in [0.5, 0.6) is 0 Å². The van der Waals surface area contributed by atoms with Gasteiger partial charge in [0.2, 0.25) is 5.91 Å². The fourth-order valence-electron chi connectivity index (χ4n) is 1.82. The average molecular weight is 313 g/mol. The van der Waals surface area contributed by atoms with E-state index < -0.39 is 5.97 Å². The van der Waals surface area contributed by atoms with E-state index in [4.69, 9.17) is 16.7 Å². The number of carbonyl (C=O) groups excluding carboxylic acids is 1. The minimum absolute atomic E-state index is 0.0142. The van der Waals surface area contributed by atoms with Crippen LogP contribution in [0.1, 0.15) is 31.7 Å². The molecule has 0 aliphatic rings. The van der Waals surface area contributed by atoms with Gasteiger partial charge in [-0.3, -0.25) is 9.59 Å². The first kappa shape index (κ1) is 17.5. The summed E-state index contributed by atoms with van der Waals surface area (Å²) in [7, 11) is 0. The molecule has 0 heterocycles. The molecule has 0 spiro atoms. The molecule has 0 bridgehead atoms. The second-order valence-electron chi connectivity index (χ2n) is 5.07. The van der Waals surface area contributed by atoms with Crippen LogP contribution in [-0.4, -0.2) is 29.6 Å². The summed E-state index contributed by atoms with van der Waals surface area (Å²) >= 11 is 6.00. The molecule has 116 valence electrons. The van der Waals surface area contributed by atoms with E-state index in [1.54, 1.807) is 6.07 Å². The third-order valence-electron chi connectivity index (χ3n) is 3.01. The zero-order chi connectivity index (χ0) is 15.8. The van der Waals surface area contributed by atoms with E-state index >= 15 is 0 Å². The maximum atomic E-state index is 11.9. The number of rotatable bonds is 8. The van der Waals surface area contributed by atoms with E-state index in [1.165, 1.54) is 0 Å². The van der Waals surface area contributed by atoms with Crippen molar-refractivity contribution < 1.29 is 14.7 Å². The number of hydrogen-bond donors (Lipinski definition) is 3. The summed E-state index contributed by atoms with van der Waals surface area (Å²) < 4.78 is 0. The van der Waals surface area contributed by atoms with Crippen molar-refractivity contribution in [2.24, 2.45) is 0 Å². The molecule has 1 atom stereocenters. The number of amides is 1. The predicted octanol–water partition coefficient (Wildman–Crippen LogP) is 2.82. The second-order valence-corrected chi connectivity index (χ2v) is 5.48. The molecule has 0 aliphatic carbocycles. The van der Waals surface area contributed by atoms with E-state index in [-0.39, 0.29) is 18.4 Å². The van der Waals surface area contributed by atoms with Crippen LogP contribution in [-0.2, 0) is 9.59 Å². The number of anilines is 1. The molecule has 1 unspecified atom stereocenters. The average Bonchev–Trinajstić information content (AvgIpc) is 2.38. The molecule has 0 fully saturated rings. The molecule has 1 aromatic carbocycles. The third kappa shape index (κ3) is 7.11. The van der Waals surface area contributed by atoms with Crippen LogP contribution in [0.15, 0.2) is 18.2 Å². The first-order valence-electron chi connectivity index (χ1n) is 6.89. The number of nitrogens with one attached hydrogen (secondary N) is 2. The van der Waals surface area contributed by atoms with Crippen LogP contribution >= 0.6 is 11.6 Å². The number of halogens is 1. The van der Waals surface area contributed by atoms with Crippen molar-refractivity contribution in [3.8, 4) is 0 Å². The quantitative estimate of drug-likeness (QED) is 0.645. The SMILES string of the molecule is Cc1ccc(NC(=O)CC(C)NCCCC(=O)O)cc1Cl. The van der Waals surface area contributed by atoms with E-state index in [2.05, 4.69) is 10.6 Å². The van der Waals surface area contributed by atoms with Crippen molar-refractivity contribution in [2.75, 3.05) is 11.9 Å². The molecule has 5 nitrogen and oxygen atoms in total. The van der Waals surface area contributed by atoms with Gasteiger partial charge in [-0.2, -0.15) is 0 Å². The summed E-state index contributed by atoms with van der Waals surface area (Å²) in [5.41, 5.74) is 1.64. The van der Waals surface area contributed by atoms with Crippen molar-refractivity contribution in [1.29, 1.82) is 0 Å². The lowest BCUT2D eigenvalue weighted by molar-refractivity contribution is -0.137. The highest BCUT2D eigenvalue weighted by atomic mass is 35.5. The monoisotopic (exact) mass is 312 g/mol. The third-order valence-corrected chi connectivity index (χ3v) is 3.41. The molecule has 0 saturated heterocycles. The van der Waals surface area contributed by atoms with Gasteiger partial charge in [-0.25, -0.2) is 0 Å². The number of hydrogen-bond acceptors (Lipinski definition) is 3. The van der Waals surface area contributed by atoms with Crippen molar-refractivity contribution in [3.63, 3.8) is 0 Å². The minimum atomic E-state index is -0.807. The normalized spacial score (nSPS) is 12.0. The topological polar surface area (TPSA) is 78.4 Å². The molecule has 0 radical (unpaired) electrons. The summed E-state index contributed by atoms with van der Waals surface area (Å²) in [5.74, 6) is -0.911. The molecule has 0 saturated carbocycles. The predicted molar refractivity (Wildman–Crippen MR) is 83.8 cm³/mol. The van der Waals surface area contributed by atoms with Gasteiger partial charge >= 0.3 is 5.97 Å². The van der Waals surface area contributed by atoms with E-state index in [1.807, 2.05) is 26.0 Å². The number of aryl methyl sites for hydroxylation is 1. The van der Waals surface area contributed by atoms with Gasteiger partial charge < -0.3 is 15.7 Å². The summed E-state index contributed by atoms with van der Waals surface area (Å²) in [6.07, 6.45) is 1.00. The lowest BCUT2D eigenvalue weighted by Gasteiger charge is -2.13. The van der Waals surface area contributed by atoms with Gasteiger partial charge in [0.25, 0.3) is 0 Å². The van der Waals surface area contributed by atoms with Crippen LogP contribution in [0.3, 0.4) is 0 Å². The number of carboxylic acids is 1. The van der Waals surface area contributed by atoms with E-state index in [0.717, 1.165) is 5.56 Å². The van der Waals surface area contributed by atoms with Gasteiger partial charge in [0.05, 0.1) is 0 Å². The van der Waals surface area contributed by atoms with Gasteiger partial charge in [-0.15, -0.1) is 0 Å². The highest BCUT2D eigenvalue weighted by molar-refractivity contribution is 6.31. The van der Waals surface area contributed by atoms with Crippen LogP contribution in [0.4, 0.5) is 5.69 Å². The molecule has 3 N–H and O–H groups in total. The highest BCUT2D eigenvalue weighted by Crippen LogP contribution is 2.20. The van der Waals surface area contributed by atoms with E-state index in [9.17, 15) is 9.59 Å². The number of carboxylic acid groups (broad SMARTS) is 1. The molecule has 1 aromatic rings. The number of carbonyl (C=O) groups is 2. The Hall–Kier alpha value is -1.59. The summed E-state index contributed by atoms with van der Waals surface area (Å²) in [6.45, 7) is 4.37. The Balaban J connectivity index is 2.32. The molecular weight excluding hydrogens is 292 g/mol. The molecule has 6 heteroatoms. The summed E-state index contributed by atoms with van der Waals surface area (Å²) in [6, 6.07) is 5.37.